The lowest BCUT2D eigenvalue weighted by molar-refractivity contribution is 0.405. The number of methoxy groups -OCH3 is 1. The van der Waals surface area contributed by atoms with Gasteiger partial charge in [0.25, 0.3) is 0 Å². The predicted octanol–water partition coefficient (Wildman–Crippen LogP) is 4.11. The highest BCUT2D eigenvalue weighted by Crippen LogP contribution is 2.31. The van der Waals surface area contributed by atoms with Crippen LogP contribution in [-0.4, -0.2) is 13.7 Å². The van der Waals surface area contributed by atoms with Crippen molar-refractivity contribution in [2.45, 2.75) is 40.2 Å². The Hall–Kier alpha value is -1.74. The van der Waals surface area contributed by atoms with E-state index in [9.17, 15) is 0 Å². The van der Waals surface area contributed by atoms with Crippen LogP contribution in [-0.2, 0) is 6.42 Å². The van der Waals surface area contributed by atoms with Crippen LogP contribution < -0.4 is 10.1 Å². The summed E-state index contributed by atoms with van der Waals surface area (Å²) >= 11 is 0. The largest absolute Gasteiger partial charge is 0.496 e. The molecule has 2 aromatic rings. The Labute approximate surface area is 127 Å². The molecule has 0 amide bonds. The van der Waals surface area contributed by atoms with Crippen molar-refractivity contribution in [3.05, 3.63) is 52.5 Å². The molecule has 0 radical (unpaired) electrons. The van der Waals surface area contributed by atoms with Crippen LogP contribution in [0, 0.1) is 20.8 Å². The second kappa shape index (κ2) is 6.81. The topological polar surface area (TPSA) is 34.4 Å². The Morgan fingerprint density at radius 2 is 1.86 bits per heavy atom. The Morgan fingerprint density at radius 1 is 1.14 bits per heavy atom. The summed E-state index contributed by atoms with van der Waals surface area (Å²) in [5.74, 6) is 2.95. The zero-order chi connectivity index (χ0) is 15.4. The molecule has 0 aliphatic rings. The number of aryl methyl sites for hydroxylation is 2. The van der Waals surface area contributed by atoms with E-state index in [4.69, 9.17) is 9.15 Å². The third-order valence-electron chi connectivity index (χ3n) is 4.03. The predicted molar refractivity (Wildman–Crippen MR) is 86.0 cm³/mol. The fourth-order valence-electron chi connectivity index (χ4n) is 2.94. The minimum atomic E-state index is 0.240. The highest BCUT2D eigenvalue weighted by Gasteiger charge is 2.21. The molecule has 0 saturated heterocycles. The molecule has 2 rings (SSSR count). The third-order valence-corrected chi connectivity index (χ3v) is 4.03. The van der Waals surface area contributed by atoms with Crippen LogP contribution in [0.3, 0.4) is 0 Å². The molecule has 3 nitrogen and oxygen atoms in total. The molecule has 0 fully saturated rings. The van der Waals surface area contributed by atoms with Crippen molar-refractivity contribution in [2.24, 2.45) is 0 Å². The van der Waals surface area contributed by atoms with Crippen LogP contribution in [0.2, 0.25) is 0 Å². The van der Waals surface area contributed by atoms with E-state index in [1.54, 1.807) is 7.11 Å². The molecule has 0 aliphatic heterocycles. The van der Waals surface area contributed by atoms with Gasteiger partial charge in [0.15, 0.2) is 0 Å². The lowest BCUT2D eigenvalue weighted by Gasteiger charge is -2.20. The van der Waals surface area contributed by atoms with Gasteiger partial charge in [-0.15, -0.1) is 0 Å². The summed E-state index contributed by atoms with van der Waals surface area (Å²) in [6.07, 6.45) is 0.887. The summed E-state index contributed by atoms with van der Waals surface area (Å²) in [5.41, 5.74) is 3.73. The van der Waals surface area contributed by atoms with Crippen LogP contribution in [0.5, 0.6) is 5.75 Å². The van der Waals surface area contributed by atoms with Gasteiger partial charge in [-0.05, 0) is 50.9 Å². The van der Waals surface area contributed by atoms with Gasteiger partial charge in [-0.1, -0.05) is 25.1 Å². The van der Waals surface area contributed by atoms with Gasteiger partial charge in [0.1, 0.15) is 17.3 Å². The average molecular weight is 287 g/mol. The SMILES string of the molecule is CCNC(Cc1ccccc1OC)c1c(C)oc(C)c1C. The molecule has 1 unspecified atom stereocenters. The molecule has 1 N–H and O–H groups in total. The molecule has 1 atom stereocenters. The monoisotopic (exact) mass is 287 g/mol. The molecule has 0 spiro atoms. The fourth-order valence-corrected chi connectivity index (χ4v) is 2.94. The van der Waals surface area contributed by atoms with E-state index in [0.717, 1.165) is 30.2 Å². The van der Waals surface area contributed by atoms with Crippen molar-refractivity contribution in [3.8, 4) is 5.75 Å². The van der Waals surface area contributed by atoms with Crippen LogP contribution in [0.4, 0.5) is 0 Å². The number of benzene rings is 1. The van der Waals surface area contributed by atoms with E-state index in [1.165, 1.54) is 16.7 Å². The van der Waals surface area contributed by atoms with E-state index in [1.807, 2.05) is 26.0 Å². The van der Waals surface area contributed by atoms with E-state index in [2.05, 4.69) is 31.3 Å². The summed E-state index contributed by atoms with van der Waals surface area (Å²) in [6, 6.07) is 8.44. The van der Waals surface area contributed by atoms with E-state index >= 15 is 0 Å². The highest BCUT2D eigenvalue weighted by atomic mass is 16.5. The Balaban J connectivity index is 2.35. The van der Waals surface area contributed by atoms with Gasteiger partial charge >= 0.3 is 0 Å². The van der Waals surface area contributed by atoms with E-state index in [-0.39, 0.29) is 6.04 Å². The van der Waals surface area contributed by atoms with Crippen molar-refractivity contribution < 1.29 is 9.15 Å². The van der Waals surface area contributed by atoms with Gasteiger partial charge in [0.05, 0.1) is 7.11 Å². The maximum absolute atomic E-state index is 5.80. The summed E-state index contributed by atoms with van der Waals surface area (Å²) in [5, 5.41) is 3.58. The van der Waals surface area contributed by atoms with Crippen LogP contribution in [0.25, 0.3) is 0 Å². The third kappa shape index (κ3) is 3.30. The number of hydrogen-bond acceptors (Lipinski definition) is 3. The van der Waals surface area contributed by atoms with Crippen LogP contribution >= 0.6 is 0 Å². The second-order valence-electron chi connectivity index (χ2n) is 5.38. The van der Waals surface area contributed by atoms with Crippen molar-refractivity contribution in [1.82, 2.24) is 5.32 Å². The first-order valence-corrected chi connectivity index (χ1v) is 7.50. The lowest BCUT2D eigenvalue weighted by Crippen LogP contribution is -2.24. The van der Waals surface area contributed by atoms with Gasteiger partial charge in [0.2, 0.25) is 0 Å². The highest BCUT2D eigenvalue weighted by molar-refractivity contribution is 5.39. The van der Waals surface area contributed by atoms with Gasteiger partial charge in [0, 0.05) is 11.6 Å². The first-order chi connectivity index (χ1) is 10.1. The second-order valence-corrected chi connectivity index (χ2v) is 5.38. The summed E-state index contributed by atoms with van der Waals surface area (Å²) in [4.78, 5) is 0. The van der Waals surface area contributed by atoms with E-state index < -0.39 is 0 Å². The Kier molecular flexibility index (Phi) is 5.07. The van der Waals surface area contributed by atoms with Crippen molar-refractivity contribution >= 4 is 0 Å². The fraction of sp³-hybridized carbons (Fsp3) is 0.444. The minimum Gasteiger partial charge on any atom is -0.496 e. The quantitative estimate of drug-likeness (QED) is 0.868. The Morgan fingerprint density at radius 3 is 2.43 bits per heavy atom. The molecule has 0 aliphatic carbocycles. The number of ether oxygens (including phenoxy) is 1. The first-order valence-electron chi connectivity index (χ1n) is 7.50. The molecule has 3 heteroatoms. The average Bonchev–Trinajstić information content (AvgIpc) is 2.72. The molecular formula is C18H25NO2. The zero-order valence-electron chi connectivity index (χ0n) is 13.6. The molecular weight excluding hydrogens is 262 g/mol. The number of likely N-dealkylation sites (N-methyl/N-ethyl adjacent to an activating group) is 1. The van der Waals surface area contributed by atoms with Crippen molar-refractivity contribution in [2.75, 3.05) is 13.7 Å². The maximum Gasteiger partial charge on any atom is 0.122 e. The standard InChI is InChI=1S/C18H25NO2/c1-6-19-16(18-12(2)13(3)21-14(18)4)11-15-9-7-8-10-17(15)20-5/h7-10,16,19H,6,11H2,1-5H3. The number of hydrogen-bond donors (Lipinski definition) is 1. The maximum atomic E-state index is 5.80. The molecule has 1 aromatic carbocycles. The summed E-state index contributed by atoms with van der Waals surface area (Å²) in [7, 11) is 1.72. The Bertz CT molecular complexity index is 601. The number of rotatable bonds is 6. The first kappa shape index (κ1) is 15.6. The van der Waals surface area contributed by atoms with Gasteiger partial charge in [-0.3, -0.25) is 0 Å². The normalized spacial score (nSPS) is 12.4. The van der Waals surface area contributed by atoms with E-state index in [0.29, 0.717) is 0 Å². The zero-order valence-corrected chi connectivity index (χ0v) is 13.6. The molecule has 0 bridgehead atoms. The molecule has 1 aromatic heterocycles. The molecule has 1 heterocycles. The molecule has 0 saturated carbocycles. The lowest BCUT2D eigenvalue weighted by atomic mass is 9.95. The molecule has 21 heavy (non-hydrogen) atoms. The number of para-hydroxylation sites is 1. The van der Waals surface area contributed by atoms with Crippen LogP contribution in [0.15, 0.2) is 28.7 Å². The van der Waals surface area contributed by atoms with Gasteiger partial charge < -0.3 is 14.5 Å². The summed E-state index contributed by atoms with van der Waals surface area (Å²) in [6.45, 7) is 9.25. The van der Waals surface area contributed by atoms with Gasteiger partial charge in [-0.25, -0.2) is 0 Å². The number of nitrogens with one attached hydrogen (secondary N) is 1. The molecule has 114 valence electrons. The smallest absolute Gasteiger partial charge is 0.122 e. The van der Waals surface area contributed by atoms with Crippen molar-refractivity contribution in [1.29, 1.82) is 0 Å². The van der Waals surface area contributed by atoms with Crippen molar-refractivity contribution in [3.63, 3.8) is 0 Å². The minimum absolute atomic E-state index is 0.240. The summed E-state index contributed by atoms with van der Waals surface area (Å²) < 4.78 is 11.3. The number of furan rings is 1. The van der Waals surface area contributed by atoms with Gasteiger partial charge in [-0.2, -0.15) is 0 Å². The van der Waals surface area contributed by atoms with Crippen LogP contribution in [0.1, 0.15) is 41.2 Å².